The molecule has 2 heterocycles. The Morgan fingerprint density at radius 3 is 3.00 bits per heavy atom. The zero-order chi connectivity index (χ0) is 14.8. The van der Waals surface area contributed by atoms with E-state index in [1.807, 2.05) is 26.0 Å². The number of para-hydroxylation sites is 1. The molecule has 0 fully saturated rings. The van der Waals surface area contributed by atoms with Gasteiger partial charge in [0.15, 0.2) is 4.77 Å². The molecular weight excluding hydrogens is 302 g/mol. The van der Waals surface area contributed by atoms with E-state index in [0.717, 1.165) is 45.2 Å². The number of aromatic nitrogens is 3. The number of nitrogens with zero attached hydrogens (tertiary/aromatic N) is 2. The monoisotopic (exact) mass is 319 g/mol. The fourth-order valence-electron chi connectivity index (χ4n) is 2.38. The maximum absolute atomic E-state index is 5.65. The van der Waals surface area contributed by atoms with E-state index in [4.69, 9.17) is 17.0 Å². The van der Waals surface area contributed by atoms with Gasteiger partial charge >= 0.3 is 0 Å². The van der Waals surface area contributed by atoms with Gasteiger partial charge in [0.25, 0.3) is 0 Å². The van der Waals surface area contributed by atoms with Crippen molar-refractivity contribution in [3.8, 4) is 5.75 Å². The van der Waals surface area contributed by atoms with Crippen molar-refractivity contribution in [3.63, 3.8) is 0 Å². The first-order valence-corrected chi connectivity index (χ1v) is 8.23. The largest absolute Gasteiger partial charge is 0.492 e. The molecule has 6 heteroatoms. The molecule has 1 aromatic carbocycles. The minimum absolute atomic E-state index is 0.642. The highest BCUT2D eigenvalue weighted by molar-refractivity contribution is 7.71. The highest BCUT2D eigenvalue weighted by Crippen LogP contribution is 2.25. The average Bonchev–Trinajstić information content (AvgIpc) is 3.01. The first-order valence-electron chi connectivity index (χ1n) is 6.94. The number of H-pyrrole nitrogens is 1. The van der Waals surface area contributed by atoms with Gasteiger partial charge in [-0.15, -0.1) is 11.3 Å². The van der Waals surface area contributed by atoms with E-state index >= 15 is 0 Å². The van der Waals surface area contributed by atoms with E-state index in [1.165, 1.54) is 0 Å². The van der Waals surface area contributed by atoms with Crippen LogP contribution in [0, 0.1) is 11.7 Å². The lowest BCUT2D eigenvalue weighted by atomic mass is 10.3. The third-order valence-corrected chi connectivity index (χ3v) is 4.64. The van der Waals surface area contributed by atoms with Gasteiger partial charge < -0.3 is 14.3 Å². The van der Waals surface area contributed by atoms with E-state index in [9.17, 15) is 0 Å². The minimum atomic E-state index is 0.642. The molecule has 2 aromatic heterocycles. The number of fused-ring (bicyclic) bond motifs is 1. The predicted molar refractivity (Wildman–Crippen MR) is 88.8 cm³/mol. The Balaban J connectivity index is 1.93. The molecule has 0 radical (unpaired) electrons. The molecule has 0 aliphatic heterocycles. The molecular formula is C15H17N3OS2. The number of aryl methyl sites for hydroxylation is 3. The van der Waals surface area contributed by atoms with Crippen LogP contribution >= 0.6 is 23.6 Å². The normalized spacial score (nSPS) is 11.1. The standard InChI is InChI=1S/C15H17N3OS2/c1-3-19-12-6-4-5-11-14(12)17-15(20)18(11)8-7-13-16-10(2)9-21-13/h4-6,9H,3,7-8H2,1-2H3,(H,17,20). The molecule has 4 nitrogen and oxygen atoms in total. The maximum atomic E-state index is 5.65. The van der Waals surface area contributed by atoms with Crippen LogP contribution in [0.5, 0.6) is 5.75 Å². The van der Waals surface area contributed by atoms with Gasteiger partial charge in [0.05, 0.1) is 17.1 Å². The number of benzene rings is 1. The van der Waals surface area contributed by atoms with Crippen molar-refractivity contribution in [2.45, 2.75) is 26.8 Å². The molecule has 0 aliphatic rings. The lowest BCUT2D eigenvalue weighted by Gasteiger charge is -2.05. The molecule has 3 rings (SSSR count). The summed E-state index contributed by atoms with van der Waals surface area (Å²) in [4.78, 5) is 7.76. The van der Waals surface area contributed by atoms with Crippen LogP contribution in [0.4, 0.5) is 0 Å². The van der Waals surface area contributed by atoms with Gasteiger partial charge in [-0.25, -0.2) is 4.98 Å². The number of nitrogens with one attached hydrogen (secondary N) is 1. The van der Waals surface area contributed by atoms with Gasteiger partial charge in [0, 0.05) is 24.0 Å². The first-order chi connectivity index (χ1) is 10.2. The van der Waals surface area contributed by atoms with Crippen molar-refractivity contribution < 1.29 is 4.74 Å². The Labute approximate surface area is 132 Å². The third-order valence-electron chi connectivity index (χ3n) is 3.29. The van der Waals surface area contributed by atoms with Crippen LogP contribution in [-0.4, -0.2) is 21.1 Å². The Morgan fingerprint density at radius 2 is 2.29 bits per heavy atom. The van der Waals surface area contributed by atoms with Crippen molar-refractivity contribution in [3.05, 3.63) is 39.1 Å². The average molecular weight is 319 g/mol. The van der Waals surface area contributed by atoms with Crippen LogP contribution in [0.1, 0.15) is 17.6 Å². The highest BCUT2D eigenvalue weighted by Gasteiger charge is 2.09. The second kappa shape index (κ2) is 5.99. The number of aromatic amines is 1. The summed E-state index contributed by atoms with van der Waals surface area (Å²) in [6.07, 6.45) is 0.888. The zero-order valence-corrected chi connectivity index (χ0v) is 13.7. The number of hydrogen-bond acceptors (Lipinski definition) is 4. The summed E-state index contributed by atoms with van der Waals surface area (Å²) in [7, 11) is 0. The van der Waals surface area contributed by atoms with Crippen LogP contribution < -0.4 is 4.74 Å². The number of thiazole rings is 1. The summed E-state index contributed by atoms with van der Waals surface area (Å²) in [6, 6.07) is 6.03. The second-order valence-electron chi connectivity index (χ2n) is 4.80. The number of rotatable bonds is 5. The highest BCUT2D eigenvalue weighted by atomic mass is 32.1. The quantitative estimate of drug-likeness (QED) is 0.720. The summed E-state index contributed by atoms with van der Waals surface area (Å²) >= 11 is 7.15. The van der Waals surface area contributed by atoms with Crippen molar-refractivity contribution >= 4 is 34.6 Å². The van der Waals surface area contributed by atoms with E-state index in [-0.39, 0.29) is 0 Å². The van der Waals surface area contributed by atoms with Crippen LogP contribution in [0.25, 0.3) is 11.0 Å². The molecule has 0 bridgehead atoms. The summed E-state index contributed by atoms with van der Waals surface area (Å²) in [6.45, 7) is 5.46. The Morgan fingerprint density at radius 1 is 1.43 bits per heavy atom. The zero-order valence-electron chi connectivity index (χ0n) is 12.0. The third kappa shape index (κ3) is 2.87. The van der Waals surface area contributed by atoms with Crippen molar-refractivity contribution in [1.29, 1.82) is 0 Å². The number of imidazole rings is 1. The van der Waals surface area contributed by atoms with Crippen LogP contribution in [0.3, 0.4) is 0 Å². The number of hydrogen-bond donors (Lipinski definition) is 1. The number of ether oxygens (including phenoxy) is 1. The maximum Gasteiger partial charge on any atom is 0.178 e. The van der Waals surface area contributed by atoms with Gasteiger partial charge in [0.2, 0.25) is 0 Å². The molecule has 0 saturated carbocycles. The second-order valence-corrected chi connectivity index (χ2v) is 6.13. The molecule has 3 aromatic rings. The molecule has 0 aliphatic carbocycles. The van der Waals surface area contributed by atoms with Crippen LogP contribution in [0.15, 0.2) is 23.6 Å². The first kappa shape index (κ1) is 14.3. The predicted octanol–water partition coefficient (Wildman–Crippen LogP) is 4.11. The van der Waals surface area contributed by atoms with Gasteiger partial charge in [-0.1, -0.05) is 6.07 Å². The van der Waals surface area contributed by atoms with Gasteiger partial charge in [-0.3, -0.25) is 0 Å². The fourth-order valence-corrected chi connectivity index (χ4v) is 3.43. The van der Waals surface area contributed by atoms with E-state index < -0.39 is 0 Å². The summed E-state index contributed by atoms with van der Waals surface area (Å²) < 4.78 is 8.49. The molecule has 1 N–H and O–H groups in total. The van der Waals surface area contributed by atoms with Gasteiger partial charge in [-0.05, 0) is 38.2 Å². The van der Waals surface area contributed by atoms with E-state index in [1.54, 1.807) is 11.3 Å². The Kier molecular flexibility index (Phi) is 4.07. The summed E-state index contributed by atoms with van der Waals surface area (Å²) in [5, 5.41) is 3.22. The van der Waals surface area contributed by atoms with Crippen LogP contribution in [-0.2, 0) is 13.0 Å². The summed E-state index contributed by atoms with van der Waals surface area (Å²) in [5.41, 5.74) is 3.13. The van der Waals surface area contributed by atoms with Crippen molar-refractivity contribution in [2.75, 3.05) is 6.61 Å². The molecule has 0 spiro atoms. The molecule has 0 amide bonds. The lowest BCUT2D eigenvalue weighted by Crippen LogP contribution is -2.01. The minimum Gasteiger partial charge on any atom is -0.492 e. The molecule has 0 atom stereocenters. The van der Waals surface area contributed by atoms with Crippen LogP contribution in [0.2, 0.25) is 0 Å². The smallest absolute Gasteiger partial charge is 0.178 e. The molecule has 21 heavy (non-hydrogen) atoms. The summed E-state index contributed by atoms with van der Waals surface area (Å²) in [5.74, 6) is 0.852. The topological polar surface area (TPSA) is 42.8 Å². The van der Waals surface area contributed by atoms with Gasteiger partial charge in [-0.2, -0.15) is 0 Å². The SMILES string of the molecule is CCOc1cccc2c1[nH]c(=S)n2CCc1nc(C)cs1. The Hall–Kier alpha value is -1.66. The fraction of sp³-hybridized carbons (Fsp3) is 0.333. The van der Waals surface area contributed by atoms with E-state index in [0.29, 0.717) is 6.61 Å². The van der Waals surface area contributed by atoms with Gasteiger partial charge in [0.1, 0.15) is 11.3 Å². The van der Waals surface area contributed by atoms with Crippen molar-refractivity contribution in [2.24, 2.45) is 0 Å². The Bertz CT molecular complexity index is 816. The molecule has 110 valence electrons. The van der Waals surface area contributed by atoms with Crippen molar-refractivity contribution in [1.82, 2.24) is 14.5 Å². The lowest BCUT2D eigenvalue weighted by molar-refractivity contribution is 0.343. The molecule has 0 saturated heterocycles. The molecule has 0 unspecified atom stereocenters. The van der Waals surface area contributed by atoms with E-state index in [2.05, 4.69) is 26.0 Å².